The highest BCUT2D eigenvalue weighted by atomic mass is 16.6. The third kappa shape index (κ3) is 7.95. The van der Waals surface area contributed by atoms with Crippen molar-refractivity contribution in [2.45, 2.75) is 58.2 Å². The lowest BCUT2D eigenvalue weighted by Gasteiger charge is -2.34. The second-order valence-electron chi connectivity index (χ2n) is 7.07. The van der Waals surface area contributed by atoms with E-state index in [1.54, 1.807) is 32.6 Å². The Morgan fingerprint density at radius 3 is 2.74 bits per heavy atom. The maximum atomic E-state index is 12.0. The normalized spacial score (nSPS) is 18.7. The molecule has 0 aliphatic carbocycles. The van der Waals surface area contributed by atoms with Gasteiger partial charge in [-0.05, 0) is 40.5 Å². The Morgan fingerprint density at radius 1 is 1.48 bits per heavy atom. The molecule has 9 heteroatoms. The number of carbonyl (C=O) groups is 2. The largest absolute Gasteiger partial charge is 0.465 e. The number of nitrogens with one attached hydrogen (secondary N) is 1. The van der Waals surface area contributed by atoms with Crippen LogP contribution < -0.4 is 5.32 Å². The molecule has 0 aromatic heterocycles. The van der Waals surface area contributed by atoms with E-state index < -0.39 is 23.7 Å². The SMILES string of the molecule is [C-]#[N+]C(C#N)C(=NCC(=O)OCC)N1CCC[C@@H](NC(=O)OC(C)(C)C)C1. The summed E-state index contributed by atoms with van der Waals surface area (Å²) >= 11 is 0. The lowest BCUT2D eigenvalue weighted by Crippen LogP contribution is -2.52. The number of hydrogen-bond donors (Lipinski definition) is 1. The maximum absolute atomic E-state index is 12.0. The average molecular weight is 377 g/mol. The van der Waals surface area contributed by atoms with Crippen LogP contribution in [0.4, 0.5) is 4.79 Å². The number of rotatable bonds is 5. The zero-order valence-electron chi connectivity index (χ0n) is 16.3. The van der Waals surface area contributed by atoms with E-state index >= 15 is 0 Å². The first kappa shape index (κ1) is 22.2. The number of aliphatic imine (C=N–C) groups is 1. The fourth-order valence-corrected chi connectivity index (χ4v) is 2.63. The smallest absolute Gasteiger partial charge is 0.407 e. The molecule has 1 unspecified atom stereocenters. The Labute approximate surface area is 160 Å². The van der Waals surface area contributed by atoms with Gasteiger partial charge in [-0.3, -0.25) is 14.6 Å². The number of likely N-dealkylation sites (tertiary alicyclic amines) is 1. The van der Waals surface area contributed by atoms with Gasteiger partial charge in [0.05, 0.1) is 6.61 Å². The summed E-state index contributed by atoms with van der Waals surface area (Å²) in [5.41, 5.74) is -0.597. The van der Waals surface area contributed by atoms with Gasteiger partial charge in [0.15, 0.2) is 11.9 Å². The number of esters is 1. The molecular weight excluding hydrogens is 350 g/mol. The standard InChI is InChI=1S/C18H27N5O4/c1-6-26-15(24)11-21-16(14(10-19)20-5)23-9-7-8-13(12-23)22-17(25)27-18(2,3)4/h13-14H,6-9,11-12H2,1-4H3,(H,22,25)/t13-,14?/m1/s1. The molecule has 0 radical (unpaired) electrons. The summed E-state index contributed by atoms with van der Waals surface area (Å²) in [5.74, 6) is -0.284. The Morgan fingerprint density at radius 2 is 2.19 bits per heavy atom. The summed E-state index contributed by atoms with van der Waals surface area (Å²) in [4.78, 5) is 32.8. The maximum Gasteiger partial charge on any atom is 0.407 e. The summed E-state index contributed by atoms with van der Waals surface area (Å²) in [6.07, 6.45) is 0.979. The van der Waals surface area contributed by atoms with Gasteiger partial charge in [-0.2, -0.15) is 5.26 Å². The molecular formula is C18H27N5O4. The van der Waals surface area contributed by atoms with E-state index in [-0.39, 0.29) is 25.0 Å². The summed E-state index contributed by atoms with van der Waals surface area (Å²) in [5, 5.41) is 12.1. The van der Waals surface area contributed by atoms with E-state index in [1.165, 1.54) is 0 Å². The van der Waals surface area contributed by atoms with Crippen molar-refractivity contribution >= 4 is 17.9 Å². The van der Waals surface area contributed by atoms with Crippen molar-refractivity contribution in [1.82, 2.24) is 10.2 Å². The Bertz CT molecular complexity index is 628. The first-order valence-corrected chi connectivity index (χ1v) is 8.90. The highest BCUT2D eigenvalue weighted by Gasteiger charge is 2.32. The van der Waals surface area contributed by atoms with Gasteiger partial charge in [0.25, 0.3) is 0 Å². The molecule has 2 atom stereocenters. The van der Waals surface area contributed by atoms with Crippen LogP contribution in [0.1, 0.15) is 40.5 Å². The number of nitriles is 1. The highest BCUT2D eigenvalue weighted by molar-refractivity contribution is 5.93. The minimum Gasteiger partial charge on any atom is -0.465 e. The fraction of sp³-hybridized carbons (Fsp3) is 0.722. The van der Waals surface area contributed by atoms with Crippen molar-refractivity contribution in [2.24, 2.45) is 4.99 Å². The van der Waals surface area contributed by atoms with Gasteiger partial charge in [0.1, 0.15) is 12.1 Å². The van der Waals surface area contributed by atoms with E-state index in [1.807, 2.05) is 6.07 Å². The molecule has 148 valence electrons. The molecule has 27 heavy (non-hydrogen) atoms. The molecule has 1 N–H and O–H groups in total. The van der Waals surface area contributed by atoms with Crippen LogP contribution >= 0.6 is 0 Å². The van der Waals surface area contributed by atoms with Gasteiger partial charge in [-0.15, -0.1) is 0 Å². The zero-order chi connectivity index (χ0) is 20.4. The fourth-order valence-electron chi connectivity index (χ4n) is 2.63. The van der Waals surface area contributed by atoms with Gasteiger partial charge in [-0.25, -0.2) is 11.4 Å². The predicted octanol–water partition coefficient (Wildman–Crippen LogP) is 1.75. The Kier molecular flexibility index (Phi) is 8.53. The number of alkyl carbamates (subject to hydrolysis) is 1. The first-order chi connectivity index (χ1) is 12.7. The molecule has 1 amide bonds. The molecule has 1 aliphatic rings. The number of hydrogen-bond acceptors (Lipinski definition) is 6. The average Bonchev–Trinajstić information content (AvgIpc) is 2.57. The van der Waals surface area contributed by atoms with E-state index in [9.17, 15) is 14.9 Å². The van der Waals surface area contributed by atoms with Crippen molar-refractivity contribution in [1.29, 1.82) is 5.26 Å². The van der Waals surface area contributed by atoms with Gasteiger partial charge in [0, 0.05) is 19.1 Å². The monoisotopic (exact) mass is 377 g/mol. The van der Waals surface area contributed by atoms with Crippen molar-refractivity contribution in [2.75, 3.05) is 26.2 Å². The number of carbonyl (C=O) groups excluding carboxylic acids is 2. The summed E-state index contributed by atoms with van der Waals surface area (Å²) in [7, 11) is 0. The minimum absolute atomic E-state index is 0.202. The molecule has 1 aliphatic heterocycles. The van der Waals surface area contributed by atoms with Gasteiger partial charge in [0.2, 0.25) is 0 Å². The molecule has 0 aromatic carbocycles. The number of piperidine rings is 1. The van der Waals surface area contributed by atoms with Crippen LogP contribution in [0.3, 0.4) is 0 Å². The molecule has 0 spiro atoms. The minimum atomic E-state index is -1.11. The third-order valence-corrected chi connectivity index (χ3v) is 3.64. The van der Waals surface area contributed by atoms with Crippen LogP contribution in [-0.2, 0) is 14.3 Å². The van der Waals surface area contributed by atoms with Crippen LogP contribution in [-0.4, -0.2) is 66.7 Å². The van der Waals surface area contributed by atoms with E-state index in [0.717, 1.165) is 12.8 Å². The van der Waals surface area contributed by atoms with Gasteiger partial charge < -0.3 is 19.7 Å². The summed E-state index contributed by atoms with van der Waals surface area (Å²) < 4.78 is 10.1. The lowest BCUT2D eigenvalue weighted by atomic mass is 10.0. The third-order valence-electron chi connectivity index (χ3n) is 3.64. The predicted molar refractivity (Wildman–Crippen MR) is 98.9 cm³/mol. The van der Waals surface area contributed by atoms with Gasteiger partial charge >= 0.3 is 18.1 Å². The van der Waals surface area contributed by atoms with Crippen LogP contribution in [0.25, 0.3) is 4.85 Å². The Balaban J connectivity index is 2.85. The second kappa shape index (κ2) is 10.4. The molecule has 1 fully saturated rings. The van der Waals surface area contributed by atoms with E-state index in [2.05, 4.69) is 15.2 Å². The number of amidine groups is 1. The second-order valence-corrected chi connectivity index (χ2v) is 7.07. The molecule has 9 nitrogen and oxygen atoms in total. The van der Waals surface area contributed by atoms with Crippen molar-refractivity contribution in [3.63, 3.8) is 0 Å². The van der Waals surface area contributed by atoms with Crippen LogP contribution in [0.2, 0.25) is 0 Å². The highest BCUT2D eigenvalue weighted by Crippen LogP contribution is 2.15. The first-order valence-electron chi connectivity index (χ1n) is 8.90. The molecule has 0 saturated carbocycles. The molecule has 0 aromatic rings. The number of nitrogens with zero attached hydrogens (tertiary/aromatic N) is 4. The summed E-state index contributed by atoms with van der Waals surface area (Å²) in [6, 6.07) is 0.587. The topological polar surface area (TPSA) is 108 Å². The Hall–Kier alpha value is -2.81. The van der Waals surface area contributed by atoms with Crippen molar-refractivity contribution in [3.8, 4) is 6.07 Å². The van der Waals surface area contributed by atoms with Crippen LogP contribution in [0.15, 0.2) is 4.99 Å². The number of amides is 1. The van der Waals surface area contributed by atoms with E-state index in [0.29, 0.717) is 13.1 Å². The summed E-state index contributed by atoms with van der Waals surface area (Å²) in [6.45, 7) is 15.2. The van der Waals surface area contributed by atoms with Crippen LogP contribution in [0.5, 0.6) is 0 Å². The molecule has 1 heterocycles. The molecule has 1 saturated heterocycles. The molecule has 1 rings (SSSR count). The quantitative estimate of drug-likeness (QED) is 0.338. The lowest BCUT2D eigenvalue weighted by molar-refractivity contribution is -0.141. The van der Waals surface area contributed by atoms with Gasteiger partial charge in [-0.1, -0.05) is 0 Å². The molecule has 0 bridgehead atoms. The van der Waals surface area contributed by atoms with E-state index in [4.69, 9.17) is 16.0 Å². The zero-order valence-corrected chi connectivity index (χ0v) is 16.3. The number of ether oxygens (including phenoxy) is 2. The van der Waals surface area contributed by atoms with Crippen LogP contribution in [0, 0.1) is 17.9 Å². The van der Waals surface area contributed by atoms with Crippen molar-refractivity contribution < 1.29 is 19.1 Å². The van der Waals surface area contributed by atoms with Crippen molar-refractivity contribution in [3.05, 3.63) is 11.4 Å².